The topological polar surface area (TPSA) is 72.2 Å². The number of carbonyl (C=O) groups excluding carboxylic acids is 1. The van der Waals surface area contributed by atoms with Gasteiger partial charge in [0.1, 0.15) is 0 Å². The number of anilines is 1. The average molecular weight is 356 g/mol. The molecule has 0 aliphatic rings. The van der Waals surface area contributed by atoms with Gasteiger partial charge in [-0.05, 0) is 40.2 Å². The molecule has 5 nitrogen and oxygen atoms in total. The Morgan fingerprint density at radius 1 is 1.25 bits per heavy atom. The van der Waals surface area contributed by atoms with E-state index in [0.29, 0.717) is 15.2 Å². The molecule has 0 spiro atoms. The van der Waals surface area contributed by atoms with Crippen molar-refractivity contribution in [3.63, 3.8) is 0 Å². The molecule has 0 saturated heterocycles. The molecule has 0 aromatic heterocycles. The zero-order valence-electron chi connectivity index (χ0n) is 9.97. The van der Waals surface area contributed by atoms with Gasteiger partial charge in [-0.15, -0.1) is 0 Å². The van der Waals surface area contributed by atoms with Crippen LogP contribution >= 0.6 is 27.5 Å². The highest BCUT2D eigenvalue weighted by Crippen LogP contribution is 2.26. The molecular weight excluding hydrogens is 348 g/mol. The monoisotopic (exact) mass is 354 g/mol. The number of nitrogens with one attached hydrogen (secondary N) is 1. The number of nitrogens with zero attached hydrogens (tertiary/aromatic N) is 1. The first-order valence-electron chi connectivity index (χ1n) is 5.48. The smallest absolute Gasteiger partial charge is 0.270 e. The molecule has 0 radical (unpaired) electrons. The van der Waals surface area contributed by atoms with E-state index >= 15 is 0 Å². The van der Waals surface area contributed by atoms with Gasteiger partial charge in [0.15, 0.2) is 0 Å². The Morgan fingerprint density at radius 3 is 2.65 bits per heavy atom. The maximum Gasteiger partial charge on any atom is 0.270 e. The van der Waals surface area contributed by atoms with Crippen LogP contribution in [0, 0.1) is 10.1 Å². The fourth-order valence-electron chi connectivity index (χ4n) is 1.54. The average Bonchev–Trinajstić information content (AvgIpc) is 2.43. The Balaban J connectivity index is 2.21. The van der Waals surface area contributed by atoms with E-state index in [0.717, 1.165) is 0 Å². The second kappa shape index (κ2) is 6.02. The molecule has 2 rings (SSSR count). The molecule has 0 aliphatic heterocycles. The van der Waals surface area contributed by atoms with Gasteiger partial charge in [-0.25, -0.2) is 0 Å². The molecule has 102 valence electrons. The number of hydrogen-bond acceptors (Lipinski definition) is 3. The molecule has 0 aliphatic carbocycles. The number of hydrogen-bond donors (Lipinski definition) is 1. The number of benzene rings is 2. The van der Waals surface area contributed by atoms with E-state index in [2.05, 4.69) is 21.2 Å². The Bertz CT molecular complexity index is 691. The van der Waals surface area contributed by atoms with Crippen molar-refractivity contribution >= 4 is 44.8 Å². The van der Waals surface area contributed by atoms with Gasteiger partial charge in [0.25, 0.3) is 11.6 Å². The SMILES string of the molecule is O=C(Nc1ccc(Br)c(Cl)c1)c1cccc([N+](=O)[O-])c1. The van der Waals surface area contributed by atoms with Crippen LogP contribution in [-0.4, -0.2) is 10.8 Å². The standard InChI is InChI=1S/C13H8BrClN2O3/c14-11-5-4-9(7-12(11)15)16-13(18)8-2-1-3-10(6-8)17(19)20/h1-7H,(H,16,18). The number of carbonyl (C=O) groups is 1. The van der Waals surface area contributed by atoms with Crippen LogP contribution in [0.3, 0.4) is 0 Å². The zero-order valence-corrected chi connectivity index (χ0v) is 12.3. The highest BCUT2D eigenvalue weighted by atomic mass is 79.9. The summed E-state index contributed by atoms with van der Waals surface area (Å²) in [4.78, 5) is 22.1. The van der Waals surface area contributed by atoms with Gasteiger partial charge < -0.3 is 5.32 Å². The maximum atomic E-state index is 12.0. The van der Waals surface area contributed by atoms with Gasteiger partial charge in [-0.1, -0.05) is 17.7 Å². The summed E-state index contributed by atoms with van der Waals surface area (Å²) in [6.07, 6.45) is 0. The van der Waals surface area contributed by atoms with Crippen LogP contribution in [0.25, 0.3) is 0 Å². The molecular formula is C13H8BrClN2O3. The molecule has 1 N–H and O–H groups in total. The molecule has 0 fully saturated rings. The van der Waals surface area contributed by atoms with Gasteiger partial charge in [-0.2, -0.15) is 0 Å². The first-order chi connectivity index (χ1) is 9.47. The lowest BCUT2D eigenvalue weighted by atomic mass is 10.2. The van der Waals surface area contributed by atoms with E-state index in [9.17, 15) is 14.9 Å². The second-order valence-electron chi connectivity index (χ2n) is 3.89. The summed E-state index contributed by atoms with van der Waals surface area (Å²) in [5.41, 5.74) is 0.583. The van der Waals surface area contributed by atoms with Crippen LogP contribution in [-0.2, 0) is 0 Å². The minimum absolute atomic E-state index is 0.133. The third-order valence-corrected chi connectivity index (χ3v) is 3.73. The van der Waals surface area contributed by atoms with Crippen molar-refractivity contribution in [1.82, 2.24) is 0 Å². The fraction of sp³-hybridized carbons (Fsp3) is 0. The molecule has 1 amide bonds. The van der Waals surface area contributed by atoms with E-state index in [1.807, 2.05) is 0 Å². The number of non-ortho nitro benzene ring substituents is 1. The predicted molar refractivity (Wildman–Crippen MR) is 80.2 cm³/mol. The van der Waals surface area contributed by atoms with Crippen molar-refractivity contribution < 1.29 is 9.72 Å². The number of nitro benzene ring substituents is 1. The minimum atomic E-state index is -0.548. The van der Waals surface area contributed by atoms with Crippen molar-refractivity contribution in [1.29, 1.82) is 0 Å². The van der Waals surface area contributed by atoms with Gasteiger partial charge in [-0.3, -0.25) is 14.9 Å². The summed E-state index contributed by atoms with van der Waals surface area (Å²) in [5.74, 6) is -0.438. The zero-order chi connectivity index (χ0) is 14.7. The van der Waals surface area contributed by atoms with Crippen molar-refractivity contribution in [2.45, 2.75) is 0 Å². The van der Waals surface area contributed by atoms with E-state index < -0.39 is 10.8 Å². The van der Waals surface area contributed by atoms with Crippen LogP contribution in [0.15, 0.2) is 46.9 Å². The van der Waals surface area contributed by atoms with Crippen molar-refractivity contribution in [3.8, 4) is 0 Å². The Kier molecular flexibility index (Phi) is 4.36. The van der Waals surface area contributed by atoms with Crippen LogP contribution in [0.2, 0.25) is 5.02 Å². The number of amides is 1. The summed E-state index contributed by atoms with van der Waals surface area (Å²) in [5, 5.41) is 13.8. The lowest BCUT2D eigenvalue weighted by Crippen LogP contribution is -2.12. The second-order valence-corrected chi connectivity index (χ2v) is 5.15. The summed E-state index contributed by atoms with van der Waals surface area (Å²) < 4.78 is 0.715. The molecule has 0 atom stereocenters. The summed E-state index contributed by atoms with van der Waals surface area (Å²) in [6, 6.07) is 10.5. The maximum absolute atomic E-state index is 12.0. The molecule has 0 bridgehead atoms. The summed E-state index contributed by atoms with van der Waals surface area (Å²) in [7, 11) is 0. The quantitative estimate of drug-likeness (QED) is 0.660. The predicted octanol–water partition coefficient (Wildman–Crippen LogP) is 4.26. The number of rotatable bonds is 3. The van der Waals surface area contributed by atoms with E-state index in [4.69, 9.17) is 11.6 Å². The lowest BCUT2D eigenvalue weighted by Gasteiger charge is -2.06. The molecule has 20 heavy (non-hydrogen) atoms. The fourth-order valence-corrected chi connectivity index (χ4v) is 1.97. The highest BCUT2D eigenvalue weighted by Gasteiger charge is 2.12. The van der Waals surface area contributed by atoms with Crippen LogP contribution in [0.1, 0.15) is 10.4 Å². The Hall–Kier alpha value is -1.92. The van der Waals surface area contributed by atoms with Crippen LogP contribution < -0.4 is 5.32 Å². The third-order valence-electron chi connectivity index (χ3n) is 2.50. The van der Waals surface area contributed by atoms with Crippen molar-refractivity contribution in [3.05, 3.63) is 67.6 Å². The molecule has 0 saturated carbocycles. The van der Waals surface area contributed by atoms with Crippen molar-refractivity contribution in [2.24, 2.45) is 0 Å². The first-order valence-corrected chi connectivity index (χ1v) is 6.65. The Morgan fingerprint density at radius 2 is 2.00 bits per heavy atom. The number of nitro groups is 1. The molecule has 2 aromatic rings. The molecule has 0 heterocycles. The summed E-state index contributed by atoms with van der Waals surface area (Å²) in [6.45, 7) is 0. The van der Waals surface area contributed by atoms with E-state index in [-0.39, 0.29) is 11.3 Å². The van der Waals surface area contributed by atoms with Crippen LogP contribution in [0.4, 0.5) is 11.4 Å². The van der Waals surface area contributed by atoms with Gasteiger partial charge in [0.05, 0.1) is 9.95 Å². The third kappa shape index (κ3) is 3.34. The molecule has 0 unspecified atom stereocenters. The van der Waals surface area contributed by atoms with Gasteiger partial charge in [0, 0.05) is 27.9 Å². The minimum Gasteiger partial charge on any atom is -0.322 e. The Labute approximate surface area is 127 Å². The number of halogens is 2. The largest absolute Gasteiger partial charge is 0.322 e. The van der Waals surface area contributed by atoms with Crippen molar-refractivity contribution in [2.75, 3.05) is 5.32 Å². The van der Waals surface area contributed by atoms with E-state index in [1.54, 1.807) is 18.2 Å². The van der Waals surface area contributed by atoms with Crippen LogP contribution in [0.5, 0.6) is 0 Å². The normalized spacial score (nSPS) is 10.1. The highest BCUT2D eigenvalue weighted by molar-refractivity contribution is 9.10. The lowest BCUT2D eigenvalue weighted by molar-refractivity contribution is -0.384. The molecule has 2 aromatic carbocycles. The molecule has 7 heteroatoms. The first kappa shape index (κ1) is 14.5. The van der Waals surface area contributed by atoms with E-state index in [1.165, 1.54) is 24.3 Å². The summed E-state index contributed by atoms with van der Waals surface area (Å²) >= 11 is 9.17. The van der Waals surface area contributed by atoms with Gasteiger partial charge >= 0.3 is 0 Å². The van der Waals surface area contributed by atoms with Gasteiger partial charge in [0.2, 0.25) is 0 Å².